The van der Waals surface area contributed by atoms with Gasteiger partial charge in [0.15, 0.2) is 0 Å². The average molecular weight is 250 g/mol. The average Bonchev–Trinajstić information content (AvgIpc) is 2.76. The molecule has 2 heteroatoms. The van der Waals surface area contributed by atoms with Crippen LogP contribution in [0.4, 0.5) is 0 Å². The highest BCUT2D eigenvalue weighted by Crippen LogP contribution is 2.37. The number of rotatable bonds is 1. The van der Waals surface area contributed by atoms with Gasteiger partial charge >= 0.3 is 0 Å². The lowest BCUT2D eigenvalue weighted by Gasteiger charge is -2.52. The predicted octanol–water partition coefficient (Wildman–Crippen LogP) is 3.32. The van der Waals surface area contributed by atoms with Crippen LogP contribution in [0.5, 0.6) is 0 Å². The van der Waals surface area contributed by atoms with Gasteiger partial charge in [-0.05, 0) is 39.5 Å². The van der Waals surface area contributed by atoms with Gasteiger partial charge in [0.1, 0.15) is 0 Å². The van der Waals surface area contributed by atoms with Crippen LogP contribution in [0, 0.1) is 0 Å². The Balaban J connectivity index is 1.73. The largest absolute Gasteiger partial charge is 0.304 e. The molecule has 0 radical (unpaired) electrons. The molecule has 1 heterocycles. The molecule has 0 aromatic carbocycles. The third kappa shape index (κ3) is 2.60. The van der Waals surface area contributed by atoms with Crippen LogP contribution in [0.15, 0.2) is 0 Å². The number of hydrogen-bond donors (Lipinski definition) is 1. The van der Waals surface area contributed by atoms with Gasteiger partial charge in [-0.2, -0.15) is 0 Å². The van der Waals surface area contributed by atoms with E-state index in [1.807, 2.05) is 0 Å². The van der Waals surface area contributed by atoms with Crippen molar-refractivity contribution in [3.63, 3.8) is 0 Å². The Labute approximate surface area is 113 Å². The molecule has 0 aromatic rings. The number of nitrogens with one attached hydrogen (secondary N) is 1. The van der Waals surface area contributed by atoms with Crippen molar-refractivity contribution >= 4 is 0 Å². The minimum atomic E-state index is 0.306. The van der Waals surface area contributed by atoms with E-state index in [0.717, 1.165) is 6.04 Å². The minimum absolute atomic E-state index is 0.306. The van der Waals surface area contributed by atoms with Crippen molar-refractivity contribution in [1.29, 1.82) is 0 Å². The molecule has 1 N–H and O–H groups in total. The summed E-state index contributed by atoms with van der Waals surface area (Å²) < 4.78 is 0. The second-order valence-electron chi connectivity index (χ2n) is 7.69. The summed E-state index contributed by atoms with van der Waals surface area (Å²) in [7, 11) is 0. The zero-order valence-corrected chi connectivity index (χ0v) is 12.3. The summed E-state index contributed by atoms with van der Waals surface area (Å²) in [6, 6.07) is 0.887. The summed E-state index contributed by atoms with van der Waals surface area (Å²) in [6.07, 6.45) is 13.0. The number of hydrogen-bond acceptors (Lipinski definition) is 2. The van der Waals surface area contributed by atoms with Crippen molar-refractivity contribution in [2.45, 2.75) is 88.8 Å². The zero-order chi connectivity index (χ0) is 12.6. The van der Waals surface area contributed by atoms with Gasteiger partial charge in [0.2, 0.25) is 0 Å². The molecule has 0 unspecified atom stereocenters. The molecule has 18 heavy (non-hydrogen) atoms. The van der Waals surface area contributed by atoms with E-state index in [1.54, 1.807) is 0 Å². The van der Waals surface area contributed by atoms with Crippen LogP contribution >= 0.6 is 0 Å². The molecule has 104 valence electrons. The van der Waals surface area contributed by atoms with Crippen molar-refractivity contribution in [3.05, 3.63) is 0 Å². The molecule has 1 aliphatic heterocycles. The lowest BCUT2D eigenvalue weighted by Crippen LogP contribution is -2.69. The fourth-order valence-corrected chi connectivity index (χ4v) is 4.79. The van der Waals surface area contributed by atoms with E-state index in [9.17, 15) is 0 Å². The van der Waals surface area contributed by atoms with E-state index in [4.69, 9.17) is 0 Å². The highest BCUT2D eigenvalue weighted by Gasteiger charge is 2.45. The van der Waals surface area contributed by atoms with E-state index in [-0.39, 0.29) is 0 Å². The van der Waals surface area contributed by atoms with Crippen LogP contribution in [-0.2, 0) is 0 Å². The van der Waals surface area contributed by atoms with Gasteiger partial charge in [0, 0.05) is 30.2 Å². The number of piperazine rings is 1. The predicted molar refractivity (Wildman–Crippen MR) is 76.9 cm³/mol. The molecule has 0 aromatic heterocycles. The number of nitrogens with zero attached hydrogens (tertiary/aromatic N) is 1. The molecule has 0 bridgehead atoms. The molecule has 0 amide bonds. The molecule has 3 rings (SSSR count). The van der Waals surface area contributed by atoms with Crippen molar-refractivity contribution in [2.24, 2.45) is 0 Å². The Morgan fingerprint density at radius 1 is 0.889 bits per heavy atom. The molecule has 0 atom stereocenters. The summed E-state index contributed by atoms with van der Waals surface area (Å²) in [6.45, 7) is 7.38. The normalized spacial score (nSPS) is 33.0. The molecule has 1 saturated heterocycles. The Bertz CT molecular complexity index is 285. The molecule has 2 saturated carbocycles. The first-order chi connectivity index (χ1) is 8.59. The standard InChI is InChI=1S/C16H30N2/c1-15(2)12-18(14-8-4-3-5-9-14)13-16(17-15)10-6-7-11-16/h14,17H,3-13H2,1-2H3. The quantitative estimate of drug-likeness (QED) is 0.768. The van der Waals surface area contributed by atoms with Gasteiger partial charge < -0.3 is 5.32 Å². The monoisotopic (exact) mass is 250 g/mol. The van der Waals surface area contributed by atoms with Crippen LogP contribution in [0.25, 0.3) is 0 Å². The fourth-order valence-electron chi connectivity index (χ4n) is 4.79. The Morgan fingerprint density at radius 3 is 2.22 bits per heavy atom. The SMILES string of the molecule is CC1(C)CN(C2CCCCC2)CC2(CCCC2)N1. The van der Waals surface area contributed by atoms with Gasteiger partial charge in [0.05, 0.1) is 0 Å². The topological polar surface area (TPSA) is 15.3 Å². The third-order valence-electron chi connectivity index (χ3n) is 5.36. The van der Waals surface area contributed by atoms with E-state index >= 15 is 0 Å². The first-order valence-corrected chi connectivity index (χ1v) is 8.12. The maximum atomic E-state index is 4.00. The Morgan fingerprint density at radius 2 is 1.56 bits per heavy atom. The van der Waals surface area contributed by atoms with Gasteiger partial charge in [-0.1, -0.05) is 32.1 Å². The summed E-state index contributed by atoms with van der Waals surface area (Å²) in [4.78, 5) is 2.85. The van der Waals surface area contributed by atoms with Crippen LogP contribution in [0.3, 0.4) is 0 Å². The van der Waals surface area contributed by atoms with E-state index < -0.39 is 0 Å². The van der Waals surface area contributed by atoms with Gasteiger partial charge in [-0.3, -0.25) is 4.90 Å². The van der Waals surface area contributed by atoms with Crippen LogP contribution < -0.4 is 5.32 Å². The van der Waals surface area contributed by atoms with Gasteiger partial charge in [0.25, 0.3) is 0 Å². The zero-order valence-electron chi connectivity index (χ0n) is 12.3. The van der Waals surface area contributed by atoms with E-state index in [1.165, 1.54) is 70.9 Å². The van der Waals surface area contributed by atoms with Crippen LogP contribution in [0.2, 0.25) is 0 Å². The Hall–Kier alpha value is -0.0800. The summed E-state index contributed by atoms with van der Waals surface area (Å²) in [5.41, 5.74) is 0.763. The Kier molecular flexibility index (Phi) is 3.44. The molecule has 2 nitrogen and oxygen atoms in total. The first kappa shape index (κ1) is 12.9. The maximum Gasteiger partial charge on any atom is 0.0314 e. The van der Waals surface area contributed by atoms with Crippen molar-refractivity contribution in [2.75, 3.05) is 13.1 Å². The fraction of sp³-hybridized carbons (Fsp3) is 1.00. The van der Waals surface area contributed by atoms with Crippen LogP contribution in [0.1, 0.15) is 71.6 Å². The molecule has 3 aliphatic rings. The first-order valence-electron chi connectivity index (χ1n) is 8.12. The molecule has 2 aliphatic carbocycles. The van der Waals surface area contributed by atoms with Crippen molar-refractivity contribution < 1.29 is 0 Å². The van der Waals surface area contributed by atoms with Gasteiger partial charge in [-0.25, -0.2) is 0 Å². The van der Waals surface area contributed by atoms with E-state index in [0.29, 0.717) is 11.1 Å². The molecular weight excluding hydrogens is 220 g/mol. The smallest absolute Gasteiger partial charge is 0.0314 e. The minimum Gasteiger partial charge on any atom is -0.304 e. The summed E-state index contributed by atoms with van der Waals surface area (Å²) in [5, 5.41) is 4.00. The summed E-state index contributed by atoms with van der Waals surface area (Å²) >= 11 is 0. The third-order valence-corrected chi connectivity index (χ3v) is 5.36. The summed E-state index contributed by atoms with van der Waals surface area (Å²) in [5.74, 6) is 0. The molecule has 3 fully saturated rings. The second kappa shape index (κ2) is 4.79. The lowest BCUT2D eigenvalue weighted by atomic mass is 9.84. The van der Waals surface area contributed by atoms with Crippen LogP contribution in [-0.4, -0.2) is 35.1 Å². The maximum absolute atomic E-state index is 4.00. The highest BCUT2D eigenvalue weighted by atomic mass is 15.3. The van der Waals surface area contributed by atoms with Gasteiger partial charge in [-0.15, -0.1) is 0 Å². The van der Waals surface area contributed by atoms with Crippen molar-refractivity contribution in [3.8, 4) is 0 Å². The second-order valence-corrected chi connectivity index (χ2v) is 7.69. The highest BCUT2D eigenvalue weighted by molar-refractivity contribution is 5.06. The lowest BCUT2D eigenvalue weighted by molar-refractivity contribution is 0.0215. The molecular formula is C16H30N2. The molecule has 1 spiro atoms. The van der Waals surface area contributed by atoms with E-state index in [2.05, 4.69) is 24.1 Å². The van der Waals surface area contributed by atoms with Crippen molar-refractivity contribution in [1.82, 2.24) is 10.2 Å².